The fourth-order valence-corrected chi connectivity index (χ4v) is 2.65. The van der Waals surface area contributed by atoms with E-state index in [9.17, 15) is 22.8 Å². The summed E-state index contributed by atoms with van der Waals surface area (Å²) in [5.74, 6) is -1.01. The summed E-state index contributed by atoms with van der Waals surface area (Å²) in [4.78, 5) is 23.9. The fraction of sp³-hybridized carbons (Fsp3) is 0.364. The first kappa shape index (κ1) is 23.3. The summed E-state index contributed by atoms with van der Waals surface area (Å²) in [5, 5.41) is 2.11. The second-order valence-electron chi connectivity index (χ2n) is 6.60. The lowest BCUT2D eigenvalue weighted by Crippen LogP contribution is -2.22. The highest BCUT2D eigenvalue weighted by molar-refractivity contribution is 5.96. The van der Waals surface area contributed by atoms with Gasteiger partial charge < -0.3 is 14.8 Å². The number of unbranched alkanes of at least 4 members (excludes halogenated alkanes) is 3. The number of benzene rings is 2. The Morgan fingerprint density at radius 3 is 2.33 bits per heavy atom. The molecule has 162 valence electrons. The average Bonchev–Trinajstić information content (AvgIpc) is 2.72. The first-order valence-electron chi connectivity index (χ1n) is 9.67. The van der Waals surface area contributed by atoms with Crippen LogP contribution < -0.4 is 10.1 Å². The standard InChI is InChI=1S/C22H24F3NO4/c1-2-3-4-7-14-29-17-12-10-16(11-13-17)21(28)30-15-20(27)26-19-9-6-5-8-18(19)22(23,24)25/h5-6,8-13H,2-4,7,14-15H2,1H3,(H,26,27). The number of anilines is 1. The van der Waals surface area contributed by atoms with E-state index in [-0.39, 0.29) is 5.56 Å². The lowest BCUT2D eigenvalue weighted by atomic mass is 10.1. The molecule has 8 heteroatoms. The number of rotatable bonds is 10. The Kier molecular flexibility index (Phi) is 8.70. The Morgan fingerprint density at radius 1 is 0.967 bits per heavy atom. The summed E-state index contributed by atoms with van der Waals surface area (Å²) in [6, 6.07) is 10.8. The van der Waals surface area contributed by atoms with E-state index in [4.69, 9.17) is 9.47 Å². The number of hydrogen-bond acceptors (Lipinski definition) is 4. The molecule has 0 bridgehead atoms. The zero-order chi connectivity index (χ0) is 22.0. The quantitative estimate of drug-likeness (QED) is 0.407. The molecule has 0 aromatic heterocycles. The van der Waals surface area contributed by atoms with Crippen molar-refractivity contribution in [3.8, 4) is 5.75 Å². The number of halogens is 3. The zero-order valence-electron chi connectivity index (χ0n) is 16.6. The molecule has 0 heterocycles. The third-order valence-corrected chi connectivity index (χ3v) is 4.20. The van der Waals surface area contributed by atoms with Crippen LogP contribution in [0.3, 0.4) is 0 Å². The maximum atomic E-state index is 13.0. The van der Waals surface area contributed by atoms with Crippen molar-refractivity contribution in [2.75, 3.05) is 18.5 Å². The lowest BCUT2D eigenvalue weighted by Gasteiger charge is -2.13. The van der Waals surface area contributed by atoms with Gasteiger partial charge in [-0.3, -0.25) is 4.79 Å². The molecular weight excluding hydrogens is 399 g/mol. The molecule has 0 unspecified atom stereocenters. The number of hydrogen-bond donors (Lipinski definition) is 1. The van der Waals surface area contributed by atoms with Crippen LogP contribution in [0.15, 0.2) is 48.5 Å². The monoisotopic (exact) mass is 423 g/mol. The molecule has 0 radical (unpaired) electrons. The number of para-hydroxylation sites is 1. The Bertz CT molecular complexity index is 835. The fourth-order valence-electron chi connectivity index (χ4n) is 2.65. The average molecular weight is 423 g/mol. The van der Waals surface area contributed by atoms with E-state index in [2.05, 4.69) is 12.2 Å². The van der Waals surface area contributed by atoms with Crippen molar-refractivity contribution in [1.29, 1.82) is 0 Å². The molecule has 30 heavy (non-hydrogen) atoms. The number of ether oxygens (including phenoxy) is 2. The van der Waals surface area contributed by atoms with Gasteiger partial charge in [0, 0.05) is 0 Å². The molecule has 5 nitrogen and oxygen atoms in total. The molecule has 0 atom stereocenters. The number of carbonyl (C=O) groups is 2. The first-order valence-corrected chi connectivity index (χ1v) is 9.67. The predicted octanol–water partition coefficient (Wildman–Crippen LogP) is 5.46. The molecule has 2 rings (SSSR count). The molecule has 2 aromatic carbocycles. The Morgan fingerprint density at radius 2 is 1.67 bits per heavy atom. The van der Waals surface area contributed by atoms with E-state index in [0.29, 0.717) is 12.4 Å². The number of amides is 1. The molecule has 0 aliphatic carbocycles. The van der Waals surface area contributed by atoms with E-state index < -0.39 is 35.9 Å². The summed E-state index contributed by atoms with van der Waals surface area (Å²) < 4.78 is 49.3. The molecule has 0 spiro atoms. The highest BCUT2D eigenvalue weighted by Crippen LogP contribution is 2.34. The van der Waals surface area contributed by atoms with Crippen LogP contribution in [0, 0.1) is 0 Å². The highest BCUT2D eigenvalue weighted by atomic mass is 19.4. The van der Waals surface area contributed by atoms with Crippen LogP contribution in [0.5, 0.6) is 5.75 Å². The maximum absolute atomic E-state index is 13.0. The van der Waals surface area contributed by atoms with Crippen molar-refractivity contribution in [3.63, 3.8) is 0 Å². The largest absolute Gasteiger partial charge is 0.494 e. The van der Waals surface area contributed by atoms with Crippen LogP contribution in [0.2, 0.25) is 0 Å². The van der Waals surface area contributed by atoms with Crippen molar-refractivity contribution in [2.45, 2.75) is 38.8 Å². The van der Waals surface area contributed by atoms with Gasteiger partial charge in [0.25, 0.3) is 5.91 Å². The van der Waals surface area contributed by atoms with Crippen molar-refractivity contribution >= 4 is 17.6 Å². The molecule has 2 aromatic rings. The zero-order valence-corrected chi connectivity index (χ0v) is 16.6. The Balaban J connectivity index is 1.82. The molecule has 0 saturated heterocycles. The minimum Gasteiger partial charge on any atom is -0.494 e. The normalized spacial score (nSPS) is 11.1. The number of alkyl halides is 3. The Hall–Kier alpha value is -3.03. The van der Waals surface area contributed by atoms with Crippen LogP contribution in [-0.2, 0) is 15.7 Å². The predicted molar refractivity (Wildman–Crippen MR) is 106 cm³/mol. The molecule has 0 aliphatic heterocycles. The van der Waals surface area contributed by atoms with Gasteiger partial charge in [-0.2, -0.15) is 13.2 Å². The molecule has 0 fully saturated rings. The smallest absolute Gasteiger partial charge is 0.418 e. The van der Waals surface area contributed by atoms with E-state index in [0.717, 1.165) is 37.8 Å². The van der Waals surface area contributed by atoms with E-state index in [1.54, 1.807) is 12.1 Å². The number of nitrogens with one attached hydrogen (secondary N) is 1. The van der Waals surface area contributed by atoms with E-state index >= 15 is 0 Å². The van der Waals surface area contributed by atoms with Crippen LogP contribution >= 0.6 is 0 Å². The van der Waals surface area contributed by atoms with Gasteiger partial charge in [0.15, 0.2) is 6.61 Å². The highest BCUT2D eigenvalue weighted by Gasteiger charge is 2.33. The van der Waals surface area contributed by atoms with Gasteiger partial charge in [-0.25, -0.2) is 4.79 Å². The SMILES string of the molecule is CCCCCCOc1ccc(C(=O)OCC(=O)Nc2ccccc2C(F)(F)F)cc1. The summed E-state index contributed by atoms with van der Waals surface area (Å²) >= 11 is 0. The molecular formula is C22H24F3NO4. The number of carbonyl (C=O) groups excluding carboxylic acids is 2. The molecule has 0 saturated carbocycles. The number of esters is 1. The summed E-state index contributed by atoms with van der Waals surface area (Å²) in [7, 11) is 0. The van der Waals surface area contributed by atoms with E-state index in [1.165, 1.54) is 24.3 Å². The van der Waals surface area contributed by atoms with Crippen molar-refractivity contribution in [2.24, 2.45) is 0 Å². The Labute approximate surface area is 173 Å². The van der Waals surface area contributed by atoms with Crippen molar-refractivity contribution in [1.82, 2.24) is 0 Å². The van der Waals surface area contributed by atoms with Crippen molar-refractivity contribution < 1.29 is 32.2 Å². The van der Waals surface area contributed by atoms with Gasteiger partial charge in [-0.05, 0) is 42.8 Å². The van der Waals surface area contributed by atoms with Gasteiger partial charge in [-0.1, -0.05) is 38.3 Å². The van der Waals surface area contributed by atoms with Crippen LogP contribution in [0.4, 0.5) is 18.9 Å². The van der Waals surface area contributed by atoms with Crippen LogP contribution in [-0.4, -0.2) is 25.1 Å². The van der Waals surface area contributed by atoms with Gasteiger partial charge in [-0.15, -0.1) is 0 Å². The van der Waals surface area contributed by atoms with Gasteiger partial charge >= 0.3 is 12.1 Å². The van der Waals surface area contributed by atoms with Crippen molar-refractivity contribution in [3.05, 3.63) is 59.7 Å². The second-order valence-corrected chi connectivity index (χ2v) is 6.60. The minimum atomic E-state index is -4.61. The van der Waals surface area contributed by atoms with Crippen LogP contribution in [0.25, 0.3) is 0 Å². The first-order chi connectivity index (χ1) is 14.3. The van der Waals surface area contributed by atoms with Gasteiger partial charge in [0.05, 0.1) is 23.4 Å². The molecule has 0 aliphatic rings. The topological polar surface area (TPSA) is 64.6 Å². The summed E-state index contributed by atoms with van der Waals surface area (Å²) in [6.07, 6.45) is -0.270. The lowest BCUT2D eigenvalue weighted by molar-refractivity contribution is -0.137. The second kappa shape index (κ2) is 11.2. The molecule has 1 N–H and O–H groups in total. The van der Waals surface area contributed by atoms with Crippen LogP contribution in [0.1, 0.15) is 48.5 Å². The van der Waals surface area contributed by atoms with Gasteiger partial charge in [0.1, 0.15) is 5.75 Å². The summed E-state index contributed by atoms with van der Waals surface area (Å²) in [6.45, 7) is 2.01. The third kappa shape index (κ3) is 7.42. The minimum absolute atomic E-state index is 0.205. The summed E-state index contributed by atoms with van der Waals surface area (Å²) in [5.41, 5.74) is -1.17. The van der Waals surface area contributed by atoms with Gasteiger partial charge in [0.2, 0.25) is 0 Å². The third-order valence-electron chi connectivity index (χ3n) is 4.20. The maximum Gasteiger partial charge on any atom is 0.418 e. The molecule has 1 amide bonds. The van der Waals surface area contributed by atoms with E-state index in [1.807, 2.05) is 0 Å².